The lowest BCUT2D eigenvalue weighted by atomic mass is 10.1. The summed E-state index contributed by atoms with van der Waals surface area (Å²) in [5.74, 6) is -0.326. The first-order valence-electron chi connectivity index (χ1n) is 9.47. The van der Waals surface area contributed by atoms with Gasteiger partial charge in [0.1, 0.15) is 17.6 Å². The Morgan fingerprint density at radius 3 is 2.97 bits per heavy atom. The molecule has 0 spiro atoms. The van der Waals surface area contributed by atoms with E-state index in [1.807, 2.05) is 11.0 Å². The number of ether oxygens (including phenoxy) is 1. The molecular formula is C21H20ClFN4O3. The number of nitrogens with zero attached hydrogens (tertiary/aromatic N) is 3. The summed E-state index contributed by atoms with van der Waals surface area (Å²) in [6, 6.07) is 7.53. The van der Waals surface area contributed by atoms with Gasteiger partial charge in [-0.15, -0.1) is 0 Å². The normalized spacial score (nSPS) is 16.7. The van der Waals surface area contributed by atoms with Gasteiger partial charge < -0.3 is 15.2 Å². The Labute approximate surface area is 177 Å². The lowest BCUT2D eigenvalue weighted by Crippen LogP contribution is -2.35. The number of benzene rings is 2. The topological polar surface area (TPSA) is 87.6 Å². The van der Waals surface area contributed by atoms with E-state index in [-0.39, 0.29) is 5.02 Å². The van der Waals surface area contributed by atoms with E-state index in [9.17, 15) is 14.3 Å². The highest BCUT2D eigenvalue weighted by atomic mass is 35.5. The molecule has 2 aromatic carbocycles. The van der Waals surface area contributed by atoms with Gasteiger partial charge in [-0.25, -0.2) is 14.4 Å². The van der Waals surface area contributed by atoms with E-state index < -0.39 is 17.8 Å². The summed E-state index contributed by atoms with van der Waals surface area (Å²) >= 11 is 5.82. The van der Waals surface area contributed by atoms with Crippen molar-refractivity contribution in [2.45, 2.75) is 25.4 Å². The summed E-state index contributed by atoms with van der Waals surface area (Å²) in [5.41, 5.74) is 2.11. The minimum Gasteiger partial charge on any atom is -0.496 e. The minimum atomic E-state index is -0.799. The molecule has 0 amide bonds. The molecule has 3 aromatic rings. The fraction of sp³-hybridized carbons (Fsp3) is 0.286. The van der Waals surface area contributed by atoms with Crippen LogP contribution in [0, 0.1) is 5.82 Å². The van der Waals surface area contributed by atoms with Crippen molar-refractivity contribution in [3.63, 3.8) is 0 Å². The zero-order chi connectivity index (χ0) is 21.3. The third kappa shape index (κ3) is 4.15. The fourth-order valence-corrected chi connectivity index (χ4v) is 3.88. The van der Waals surface area contributed by atoms with Crippen molar-refractivity contribution in [2.24, 2.45) is 0 Å². The lowest BCUT2D eigenvalue weighted by molar-refractivity contribution is -0.142. The molecule has 4 rings (SSSR count). The molecule has 9 heteroatoms. The molecule has 156 valence electrons. The Bertz CT molecular complexity index is 1110. The van der Waals surface area contributed by atoms with Gasteiger partial charge in [-0.2, -0.15) is 0 Å². The predicted octanol–water partition coefficient (Wildman–Crippen LogP) is 4.22. The quantitative estimate of drug-likeness (QED) is 0.605. The Kier molecular flexibility index (Phi) is 5.69. The Hall–Kier alpha value is -2.97. The van der Waals surface area contributed by atoms with Gasteiger partial charge in [-0.3, -0.25) is 9.69 Å². The minimum absolute atomic E-state index is 0.00804. The number of rotatable bonds is 6. The number of hydrogen-bond acceptors (Lipinski definition) is 6. The largest absolute Gasteiger partial charge is 0.496 e. The molecule has 1 aromatic heterocycles. The second-order valence-corrected chi connectivity index (χ2v) is 7.54. The van der Waals surface area contributed by atoms with E-state index in [2.05, 4.69) is 15.3 Å². The number of likely N-dealkylation sites (tertiary alicyclic amines) is 1. The zero-order valence-electron chi connectivity index (χ0n) is 16.2. The van der Waals surface area contributed by atoms with Gasteiger partial charge in [0, 0.05) is 35.4 Å². The fourth-order valence-electron chi connectivity index (χ4n) is 3.70. The Balaban J connectivity index is 1.61. The maximum absolute atomic E-state index is 13.3. The molecule has 0 bridgehead atoms. The molecule has 1 saturated heterocycles. The van der Waals surface area contributed by atoms with E-state index >= 15 is 0 Å². The molecule has 0 radical (unpaired) electrons. The number of hydrogen-bond donors (Lipinski definition) is 2. The van der Waals surface area contributed by atoms with Crippen molar-refractivity contribution in [1.82, 2.24) is 14.9 Å². The number of carboxylic acids is 1. The molecule has 0 saturated carbocycles. The average Bonchev–Trinajstić information content (AvgIpc) is 3.19. The maximum atomic E-state index is 13.3. The maximum Gasteiger partial charge on any atom is 0.320 e. The van der Waals surface area contributed by atoms with Gasteiger partial charge in [0.25, 0.3) is 0 Å². The van der Waals surface area contributed by atoms with Gasteiger partial charge in [-0.1, -0.05) is 11.6 Å². The van der Waals surface area contributed by atoms with Crippen molar-refractivity contribution in [3.05, 3.63) is 52.9 Å². The lowest BCUT2D eigenvalue weighted by Gasteiger charge is -2.22. The summed E-state index contributed by atoms with van der Waals surface area (Å²) in [4.78, 5) is 22.2. The number of fused-ring (bicyclic) bond motifs is 1. The second-order valence-electron chi connectivity index (χ2n) is 7.14. The van der Waals surface area contributed by atoms with Gasteiger partial charge in [0.2, 0.25) is 5.95 Å². The molecule has 1 fully saturated rings. The molecule has 2 N–H and O–H groups in total. The monoisotopic (exact) mass is 430 g/mol. The van der Waals surface area contributed by atoms with Crippen molar-refractivity contribution in [1.29, 1.82) is 0 Å². The molecule has 1 atom stereocenters. The number of aliphatic carboxylic acids is 1. The van der Waals surface area contributed by atoms with E-state index in [0.717, 1.165) is 23.9 Å². The molecular weight excluding hydrogens is 411 g/mol. The van der Waals surface area contributed by atoms with Crippen LogP contribution in [0.25, 0.3) is 10.9 Å². The third-order valence-electron chi connectivity index (χ3n) is 5.18. The molecule has 2 heterocycles. The highest BCUT2D eigenvalue weighted by molar-refractivity contribution is 6.31. The molecule has 1 aliphatic heterocycles. The number of nitrogens with one attached hydrogen (secondary N) is 1. The Morgan fingerprint density at radius 1 is 1.40 bits per heavy atom. The number of methoxy groups -OCH3 is 1. The number of anilines is 2. The van der Waals surface area contributed by atoms with Crippen molar-refractivity contribution in [3.8, 4) is 5.75 Å². The van der Waals surface area contributed by atoms with E-state index in [1.54, 1.807) is 25.4 Å². The SMILES string of the molecule is COc1cc2nc(Nc3ccc(F)c(Cl)c3)ncc2cc1CN1CCC[C@@H]1C(=O)O. The van der Waals surface area contributed by atoms with Crippen LogP contribution in [-0.2, 0) is 11.3 Å². The smallest absolute Gasteiger partial charge is 0.320 e. The van der Waals surface area contributed by atoms with Crippen LogP contribution < -0.4 is 10.1 Å². The first-order valence-corrected chi connectivity index (χ1v) is 9.85. The summed E-state index contributed by atoms with van der Waals surface area (Å²) in [5, 5.41) is 13.2. The average molecular weight is 431 g/mol. The first kappa shape index (κ1) is 20.3. The van der Waals surface area contributed by atoms with Gasteiger partial charge >= 0.3 is 5.97 Å². The second kappa shape index (κ2) is 8.41. The number of carbonyl (C=O) groups is 1. The number of carboxylic acid groups (broad SMARTS) is 1. The van der Waals surface area contributed by atoms with Crippen LogP contribution in [0.15, 0.2) is 36.5 Å². The van der Waals surface area contributed by atoms with Gasteiger partial charge in [0.15, 0.2) is 0 Å². The van der Waals surface area contributed by atoms with Crippen molar-refractivity contribution >= 4 is 40.1 Å². The summed E-state index contributed by atoms with van der Waals surface area (Å²) in [6.07, 6.45) is 3.19. The summed E-state index contributed by atoms with van der Waals surface area (Å²) in [6.45, 7) is 1.21. The molecule has 0 unspecified atom stereocenters. The number of aromatic nitrogens is 2. The summed E-state index contributed by atoms with van der Waals surface area (Å²) < 4.78 is 18.9. The number of halogens is 2. The highest BCUT2D eigenvalue weighted by Crippen LogP contribution is 2.30. The molecule has 1 aliphatic rings. The van der Waals surface area contributed by atoms with Gasteiger partial charge in [-0.05, 0) is 43.7 Å². The third-order valence-corrected chi connectivity index (χ3v) is 5.47. The van der Waals surface area contributed by atoms with Crippen LogP contribution in [0.5, 0.6) is 5.75 Å². The van der Waals surface area contributed by atoms with Crippen LogP contribution >= 0.6 is 11.6 Å². The van der Waals surface area contributed by atoms with Crippen LogP contribution in [0.1, 0.15) is 18.4 Å². The first-order chi connectivity index (χ1) is 14.4. The highest BCUT2D eigenvalue weighted by Gasteiger charge is 2.30. The summed E-state index contributed by atoms with van der Waals surface area (Å²) in [7, 11) is 1.57. The zero-order valence-corrected chi connectivity index (χ0v) is 17.0. The van der Waals surface area contributed by atoms with Crippen molar-refractivity contribution in [2.75, 3.05) is 19.0 Å². The van der Waals surface area contributed by atoms with E-state index in [0.29, 0.717) is 35.9 Å². The van der Waals surface area contributed by atoms with E-state index in [4.69, 9.17) is 16.3 Å². The Morgan fingerprint density at radius 2 is 2.23 bits per heavy atom. The van der Waals surface area contributed by atoms with Crippen LogP contribution in [-0.4, -0.2) is 45.6 Å². The molecule has 7 nitrogen and oxygen atoms in total. The van der Waals surface area contributed by atoms with Crippen LogP contribution in [0.4, 0.5) is 16.0 Å². The predicted molar refractivity (Wildman–Crippen MR) is 112 cm³/mol. The standard InChI is InChI=1S/C21H20ClFN4O3/c1-30-19-9-17-12(7-13(19)11-27-6-2-3-18(27)20(28)29)10-24-21(26-17)25-14-4-5-16(23)15(22)8-14/h4-5,7-10,18H,2-3,6,11H2,1H3,(H,28,29)(H,24,25,26)/t18-/m1/s1. The molecule has 0 aliphatic carbocycles. The van der Waals surface area contributed by atoms with Crippen molar-refractivity contribution < 1.29 is 19.0 Å². The van der Waals surface area contributed by atoms with E-state index in [1.165, 1.54) is 12.1 Å². The van der Waals surface area contributed by atoms with Gasteiger partial charge in [0.05, 0.1) is 17.6 Å². The van der Waals surface area contributed by atoms with Crippen LogP contribution in [0.3, 0.4) is 0 Å². The molecule has 30 heavy (non-hydrogen) atoms. The van der Waals surface area contributed by atoms with Crippen LogP contribution in [0.2, 0.25) is 5.02 Å².